The average Bonchev–Trinajstić information content (AvgIpc) is 1.96. The van der Waals surface area contributed by atoms with Gasteiger partial charge in [0.05, 0.1) is 0 Å². The Morgan fingerprint density at radius 3 is 2.46 bits per heavy atom. The van der Waals surface area contributed by atoms with Crippen LogP contribution >= 0.6 is 0 Å². The molecule has 0 heterocycles. The third-order valence-corrected chi connectivity index (χ3v) is 1.62. The molecule has 1 unspecified atom stereocenters. The molecule has 0 rings (SSSR count). The molecular weight excluding hydrogens is 174 g/mol. The lowest BCUT2D eigenvalue weighted by atomic mass is 10.0. The Hall–Kier alpha value is -0.740. The van der Waals surface area contributed by atoms with Crippen molar-refractivity contribution in [2.45, 2.75) is 25.3 Å². The van der Waals surface area contributed by atoms with Crippen molar-refractivity contribution in [2.75, 3.05) is 6.54 Å². The van der Waals surface area contributed by atoms with Crippen molar-refractivity contribution < 1.29 is 8.78 Å². The van der Waals surface area contributed by atoms with Crippen molar-refractivity contribution in [1.29, 1.82) is 0 Å². The zero-order chi connectivity index (χ0) is 10.5. The van der Waals surface area contributed by atoms with E-state index < -0.39 is 12.0 Å². The number of halogens is 2. The summed E-state index contributed by atoms with van der Waals surface area (Å²) in [6.45, 7) is 4.48. The fourth-order valence-electron chi connectivity index (χ4n) is 1.01. The van der Waals surface area contributed by atoms with Gasteiger partial charge in [0.2, 0.25) is 5.92 Å². The van der Waals surface area contributed by atoms with E-state index in [4.69, 9.17) is 11.5 Å². The molecule has 0 aromatic heterocycles. The molecule has 0 fully saturated rings. The Labute approximate surface area is 77.3 Å². The molecule has 0 saturated carbocycles. The van der Waals surface area contributed by atoms with Gasteiger partial charge < -0.3 is 11.5 Å². The number of hydrogen-bond acceptors (Lipinski definition) is 2. The summed E-state index contributed by atoms with van der Waals surface area (Å²) in [5, 5.41) is 0. The quantitative estimate of drug-likeness (QED) is 0.644. The average molecular weight is 190 g/mol. The van der Waals surface area contributed by atoms with E-state index in [0.29, 0.717) is 5.57 Å². The van der Waals surface area contributed by atoms with Gasteiger partial charge in [-0.25, -0.2) is 8.78 Å². The molecule has 0 aliphatic carbocycles. The number of hydrogen-bond donors (Lipinski definition) is 2. The summed E-state index contributed by atoms with van der Waals surface area (Å²) in [5.74, 6) is -2.76. The number of rotatable bonds is 5. The molecule has 0 bridgehead atoms. The van der Waals surface area contributed by atoms with Crippen LogP contribution in [-0.2, 0) is 0 Å². The number of alkyl halides is 2. The number of allylic oxidation sites excluding steroid dienone is 2. The summed E-state index contributed by atoms with van der Waals surface area (Å²) in [6, 6.07) is -0.692. The summed E-state index contributed by atoms with van der Waals surface area (Å²) in [4.78, 5) is 0. The molecule has 13 heavy (non-hydrogen) atoms. The van der Waals surface area contributed by atoms with Crippen LogP contribution in [0.4, 0.5) is 8.78 Å². The van der Waals surface area contributed by atoms with E-state index in [1.165, 1.54) is 6.08 Å². The van der Waals surface area contributed by atoms with E-state index in [0.717, 1.165) is 6.92 Å². The van der Waals surface area contributed by atoms with Crippen LogP contribution in [0.15, 0.2) is 24.3 Å². The molecule has 0 saturated heterocycles. The second kappa shape index (κ2) is 5.09. The van der Waals surface area contributed by atoms with Crippen LogP contribution in [0.3, 0.4) is 0 Å². The lowest BCUT2D eigenvalue weighted by molar-refractivity contribution is 0.00924. The van der Waals surface area contributed by atoms with Crippen molar-refractivity contribution in [3.8, 4) is 0 Å². The predicted molar refractivity (Wildman–Crippen MR) is 50.5 cm³/mol. The Kier molecular flexibility index (Phi) is 4.80. The maximum Gasteiger partial charge on any atom is 0.247 e. The molecule has 2 nitrogen and oxygen atoms in total. The Morgan fingerprint density at radius 1 is 1.62 bits per heavy atom. The Balaban J connectivity index is 4.30. The molecule has 0 aromatic rings. The van der Waals surface area contributed by atoms with Gasteiger partial charge in [-0.05, 0) is 12.5 Å². The summed E-state index contributed by atoms with van der Waals surface area (Å²) >= 11 is 0. The Bertz CT molecular complexity index is 194. The molecular formula is C9H16F2N2. The predicted octanol–water partition coefficient (Wildman–Crippen LogP) is 1.43. The SMILES string of the molecule is C=C/C=C(/CN)C(N)CC(C)(F)F. The lowest BCUT2D eigenvalue weighted by Gasteiger charge is -2.18. The van der Waals surface area contributed by atoms with Crippen molar-refractivity contribution >= 4 is 0 Å². The van der Waals surface area contributed by atoms with Crippen LogP contribution in [0, 0.1) is 0 Å². The molecule has 0 aliphatic rings. The summed E-state index contributed by atoms with van der Waals surface area (Å²) in [6.07, 6.45) is 2.69. The molecule has 0 aliphatic heterocycles. The molecule has 1 atom stereocenters. The van der Waals surface area contributed by atoms with Gasteiger partial charge in [0.1, 0.15) is 0 Å². The van der Waals surface area contributed by atoms with Crippen LogP contribution in [0.5, 0.6) is 0 Å². The van der Waals surface area contributed by atoms with Crippen LogP contribution < -0.4 is 11.5 Å². The zero-order valence-corrected chi connectivity index (χ0v) is 7.76. The van der Waals surface area contributed by atoms with Gasteiger partial charge >= 0.3 is 0 Å². The molecule has 0 amide bonds. The minimum atomic E-state index is -2.76. The van der Waals surface area contributed by atoms with Gasteiger partial charge in [-0.1, -0.05) is 18.7 Å². The fraction of sp³-hybridized carbons (Fsp3) is 0.556. The van der Waals surface area contributed by atoms with Gasteiger partial charge in [-0.2, -0.15) is 0 Å². The van der Waals surface area contributed by atoms with Crippen LogP contribution in [0.25, 0.3) is 0 Å². The van der Waals surface area contributed by atoms with Crippen molar-refractivity contribution in [1.82, 2.24) is 0 Å². The summed E-state index contributed by atoms with van der Waals surface area (Å²) in [5.41, 5.74) is 11.5. The van der Waals surface area contributed by atoms with E-state index in [2.05, 4.69) is 6.58 Å². The highest BCUT2D eigenvalue weighted by atomic mass is 19.3. The second-order valence-corrected chi connectivity index (χ2v) is 3.06. The first-order chi connectivity index (χ1) is 5.90. The van der Waals surface area contributed by atoms with E-state index in [-0.39, 0.29) is 13.0 Å². The maximum atomic E-state index is 12.5. The third kappa shape index (κ3) is 5.49. The van der Waals surface area contributed by atoms with Gasteiger partial charge in [0, 0.05) is 19.0 Å². The van der Waals surface area contributed by atoms with Gasteiger partial charge in [-0.15, -0.1) is 0 Å². The highest BCUT2D eigenvalue weighted by molar-refractivity contribution is 5.17. The normalized spacial score (nSPS) is 15.6. The minimum absolute atomic E-state index is 0.184. The first kappa shape index (κ1) is 12.3. The molecule has 0 aromatic carbocycles. The molecule has 0 radical (unpaired) electrons. The van der Waals surface area contributed by atoms with Crippen molar-refractivity contribution in [3.63, 3.8) is 0 Å². The van der Waals surface area contributed by atoms with E-state index in [9.17, 15) is 8.78 Å². The monoisotopic (exact) mass is 190 g/mol. The Morgan fingerprint density at radius 2 is 2.15 bits per heavy atom. The molecule has 0 spiro atoms. The summed E-state index contributed by atoms with van der Waals surface area (Å²) in [7, 11) is 0. The first-order valence-electron chi connectivity index (χ1n) is 4.05. The van der Waals surface area contributed by atoms with Crippen LogP contribution in [0.2, 0.25) is 0 Å². The largest absolute Gasteiger partial charge is 0.327 e. The summed E-state index contributed by atoms with van der Waals surface area (Å²) < 4.78 is 25.1. The highest BCUT2D eigenvalue weighted by Gasteiger charge is 2.25. The van der Waals surface area contributed by atoms with Crippen LogP contribution in [0.1, 0.15) is 13.3 Å². The molecule has 4 N–H and O–H groups in total. The van der Waals surface area contributed by atoms with E-state index in [1.54, 1.807) is 6.08 Å². The van der Waals surface area contributed by atoms with E-state index >= 15 is 0 Å². The fourth-order valence-corrected chi connectivity index (χ4v) is 1.01. The highest BCUT2D eigenvalue weighted by Crippen LogP contribution is 2.20. The minimum Gasteiger partial charge on any atom is -0.327 e. The molecule has 76 valence electrons. The maximum absolute atomic E-state index is 12.5. The smallest absolute Gasteiger partial charge is 0.247 e. The lowest BCUT2D eigenvalue weighted by Crippen LogP contribution is -2.32. The van der Waals surface area contributed by atoms with Crippen LogP contribution in [-0.4, -0.2) is 18.5 Å². The van der Waals surface area contributed by atoms with Crippen molar-refractivity contribution in [2.24, 2.45) is 11.5 Å². The standard InChI is InChI=1S/C9H16F2N2/c1-3-4-7(6-12)8(13)5-9(2,10)11/h3-4,8H,1,5-6,12-13H2,2H3/b7-4-. The van der Waals surface area contributed by atoms with Gasteiger partial charge in [-0.3, -0.25) is 0 Å². The topological polar surface area (TPSA) is 52.0 Å². The van der Waals surface area contributed by atoms with Gasteiger partial charge in [0.15, 0.2) is 0 Å². The number of nitrogens with two attached hydrogens (primary N) is 2. The molecule has 4 heteroatoms. The van der Waals surface area contributed by atoms with Crippen molar-refractivity contribution in [3.05, 3.63) is 24.3 Å². The second-order valence-electron chi connectivity index (χ2n) is 3.06. The zero-order valence-electron chi connectivity index (χ0n) is 7.76. The van der Waals surface area contributed by atoms with Gasteiger partial charge in [0.25, 0.3) is 0 Å². The van der Waals surface area contributed by atoms with E-state index in [1.807, 2.05) is 0 Å². The third-order valence-electron chi connectivity index (χ3n) is 1.62. The first-order valence-corrected chi connectivity index (χ1v) is 4.05.